The van der Waals surface area contributed by atoms with Gasteiger partial charge in [-0.2, -0.15) is 5.10 Å². The van der Waals surface area contributed by atoms with Crippen LogP contribution < -0.4 is 15.2 Å². The fraction of sp³-hybridized carbons (Fsp3) is 0.412. The van der Waals surface area contributed by atoms with Crippen LogP contribution in [-0.4, -0.2) is 37.8 Å². The molecule has 2 amide bonds. The van der Waals surface area contributed by atoms with Gasteiger partial charge in [-0.05, 0) is 47.9 Å². The van der Waals surface area contributed by atoms with Gasteiger partial charge >= 0.3 is 6.03 Å². The highest BCUT2D eigenvalue weighted by Crippen LogP contribution is 2.40. The average Bonchev–Trinajstić information content (AvgIpc) is 2.95. The van der Waals surface area contributed by atoms with Crippen LogP contribution in [0.2, 0.25) is 0 Å². The molecule has 2 unspecified atom stereocenters. The Morgan fingerprint density at radius 1 is 1.33 bits per heavy atom. The highest BCUT2D eigenvalue weighted by Gasteiger charge is 2.29. The summed E-state index contributed by atoms with van der Waals surface area (Å²) in [6, 6.07) is 1.47. The summed E-state index contributed by atoms with van der Waals surface area (Å²) in [5, 5.41) is 22.3. The molecule has 0 saturated heterocycles. The molecule has 2 atom stereocenters. The van der Waals surface area contributed by atoms with Crippen LogP contribution in [-0.2, 0) is 42.1 Å². The molecule has 0 bridgehead atoms. The maximum Gasteiger partial charge on any atom is 0.354 e. The molecule has 9 nitrogen and oxygen atoms in total. The lowest BCUT2D eigenvalue weighted by molar-refractivity contribution is 0.0538. The van der Waals surface area contributed by atoms with Crippen LogP contribution in [0, 0.1) is 0 Å². The number of hydrogen-bond donors (Lipinski definition) is 3. The lowest BCUT2D eigenvalue weighted by Gasteiger charge is -2.31. The van der Waals surface area contributed by atoms with Crippen molar-refractivity contribution in [3.05, 3.63) is 34.5 Å². The Bertz CT molecular complexity index is 1070. The Morgan fingerprint density at radius 3 is 2.67 bits per heavy atom. The normalized spacial score (nSPS) is 21.3. The van der Waals surface area contributed by atoms with Gasteiger partial charge in [-0.15, -0.1) is 4.36 Å². The van der Waals surface area contributed by atoms with Gasteiger partial charge in [-0.3, -0.25) is 0 Å². The number of nitrogens with one attached hydrogen (secondary N) is 1. The molecule has 2 heterocycles. The number of hydrogen-bond acceptors (Lipinski definition) is 5. The molecule has 0 saturated carbocycles. The molecule has 5 rings (SSSR count). The van der Waals surface area contributed by atoms with Gasteiger partial charge in [0.1, 0.15) is 17.6 Å². The largest absolute Gasteiger partial charge is 0.474 e. The Kier molecular flexibility index (Phi) is 3.58. The summed E-state index contributed by atoms with van der Waals surface area (Å²) < 4.78 is 23.4. The number of benzene rings is 1. The number of aromatic nitrogens is 2. The number of urea groups is 1. The van der Waals surface area contributed by atoms with E-state index in [9.17, 15) is 14.1 Å². The van der Waals surface area contributed by atoms with Crippen LogP contribution in [0.4, 0.5) is 10.5 Å². The minimum absolute atomic E-state index is 0.0443. The third-order valence-electron chi connectivity index (χ3n) is 5.34. The van der Waals surface area contributed by atoms with Crippen molar-refractivity contribution in [3.63, 3.8) is 0 Å². The smallest absolute Gasteiger partial charge is 0.354 e. The number of nitrogens with zero attached hydrogens (tertiary/aromatic N) is 3. The van der Waals surface area contributed by atoms with E-state index in [0.29, 0.717) is 0 Å². The van der Waals surface area contributed by atoms with Crippen LogP contribution in [0.1, 0.15) is 22.3 Å². The molecule has 1 aromatic carbocycles. The van der Waals surface area contributed by atoms with Gasteiger partial charge < -0.3 is 15.2 Å². The van der Waals surface area contributed by atoms with E-state index in [4.69, 9.17) is 9.88 Å². The second-order valence-corrected chi connectivity index (χ2v) is 8.84. The number of aryl methyl sites for hydroxylation is 2. The highest BCUT2D eigenvalue weighted by molar-refractivity contribution is 7.91. The molecular weight excluding hydrogens is 370 g/mol. The number of rotatable bonds is 2. The number of fused-ring (bicyclic) bond motifs is 3. The van der Waals surface area contributed by atoms with Gasteiger partial charge in [-0.1, -0.05) is 6.07 Å². The molecule has 2 aromatic rings. The summed E-state index contributed by atoms with van der Waals surface area (Å²) in [6.45, 7) is 0.252. The van der Waals surface area contributed by atoms with Crippen LogP contribution in [0.3, 0.4) is 0 Å². The first-order chi connectivity index (χ1) is 12.9. The first-order valence-corrected chi connectivity index (χ1v) is 10.4. The molecule has 3 aliphatic rings. The van der Waals surface area contributed by atoms with Gasteiger partial charge in [-0.25, -0.2) is 18.8 Å². The van der Waals surface area contributed by atoms with E-state index in [1.807, 2.05) is 0 Å². The van der Waals surface area contributed by atoms with Crippen LogP contribution in [0.25, 0.3) is 0 Å². The molecular formula is C17H19N5O4S. The summed E-state index contributed by atoms with van der Waals surface area (Å²) in [6.07, 6.45) is 4.44. The number of carbonyl (C=O) groups is 1. The SMILES string of the molecule is NS(=O)(=NC(=O)Nc1c2c(cc3c1CC3)CC2)c1cnn2c1OCC(O)C2. The van der Waals surface area contributed by atoms with E-state index in [-0.39, 0.29) is 23.9 Å². The van der Waals surface area contributed by atoms with Crippen molar-refractivity contribution in [2.75, 3.05) is 11.9 Å². The van der Waals surface area contributed by atoms with Crippen molar-refractivity contribution in [3.8, 4) is 5.88 Å². The lowest BCUT2D eigenvalue weighted by Crippen LogP contribution is -2.31. The zero-order valence-electron chi connectivity index (χ0n) is 14.5. The van der Waals surface area contributed by atoms with E-state index >= 15 is 0 Å². The van der Waals surface area contributed by atoms with E-state index in [2.05, 4.69) is 20.8 Å². The molecule has 2 aliphatic carbocycles. The Balaban J connectivity index is 1.45. The molecule has 0 radical (unpaired) electrons. The summed E-state index contributed by atoms with van der Waals surface area (Å²) in [5.41, 5.74) is 5.60. The first-order valence-electron chi connectivity index (χ1n) is 8.81. The second-order valence-electron chi connectivity index (χ2n) is 7.08. The lowest BCUT2D eigenvalue weighted by atomic mass is 9.76. The van der Waals surface area contributed by atoms with Crippen molar-refractivity contribution in [2.24, 2.45) is 9.50 Å². The Hall–Kier alpha value is -2.43. The maximum atomic E-state index is 12.9. The van der Waals surface area contributed by atoms with E-state index in [1.54, 1.807) is 0 Å². The van der Waals surface area contributed by atoms with Crippen molar-refractivity contribution in [1.29, 1.82) is 0 Å². The van der Waals surface area contributed by atoms with Crippen LogP contribution in [0.5, 0.6) is 5.88 Å². The third-order valence-corrected chi connectivity index (χ3v) is 6.68. The standard InChI is InChI=1S/C17H19N5O4S/c18-27(25,14-6-19-22-7-11(23)8-26-16(14)22)21-17(24)20-15-12-3-1-9(12)5-10-2-4-13(10)15/h5-6,11,23H,1-4,7-8H2,(H3,18,20,21,24,25). The summed E-state index contributed by atoms with van der Waals surface area (Å²) in [4.78, 5) is 12.5. The maximum absolute atomic E-state index is 12.9. The summed E-state index contributed by atoms with van der Waals surface area (Å²) in [7, 11) is -3.53. The van der Waals surface area contributed by atoms with Crippen molar-refractivity contribution in [2.45, 2.75) is 43.2 Å². The quantitative estimate of drug-likeness (QED) is 0.698. The summed E-state index contributed by atoms with van der Waals surface area (Å²) in [5.74, 6) is 0.178. The first kappa shape index (κ1) is 16.7. The topological polar surface area (TPSA) is 132 Å². The minimum atomic E-state index is -3.53. The Morgan fingerprint density at radius 2 is 2.04 bits per heavy atom. The van der Waals surface area contributed by atoms with Gasteiger partial charge in [0.05, 0.1) is 12.7 Å². The Labute approximate surface area is 155 Å². The number of aliphatic hydroxyl groups is 1. The van der Waals surface area contributed by atoms with E-state index in [1.165, 1.54) is 22.0 Å². The van der Waals surface area contributed by atoms with Gasteiger partial charge in [0, 0.05) is 5.69 Å². The molecule has 1 aromatic heterocycles. The van der Waals surface area contributed by atoms with Crippen molar-refractivity contribution < 1.29 is 18.8 Å². The predicted molar refractivity (Wildman–Crippen MR) is 97.0 cm³/mol. The molecule has 27 heavy (non-hydrogen) atoms. The molecule has 10 heteroatoms. The fourth-order valence-corrected chi connectivity index (χ4v) is 4.79. The number of carbonyl (C=O) groups excluding carboxylic acids is 1. The number of nitrogens with two attached hydrogens (primary N) is 1. The average molecular weight is 389 g/mol. The molecule has 0 fully saturated rings. The predicted octanol–water partition coefficient (Wildman–Crippen LogP) is 0.766. The molecule has 4 N–H and O–H groups in total. The highest BCUT2D eigenvalue weighted by atomic mass is 32.2. The van der Waals surface area contributed by atoms with Crippen molar-refractivity contribution >= 4 is 21.6 Å². The molecule has 142 valence electrons. The van der Waals surface area contributed by atoms with Crippen molar-refractivity contribution in [1.82, 2.24) is 9.78 Å². The zero-order valence-corrected chi connectivity index (χ0v) is 15.3. The third kappa shape index (κ3) is 2.63. The van der Waals surface area contributed by atoms with Crippen LogP contribution >= 0.6 is 0 Å². The molecule has 0 spiro atoms. The van der Waals surface area contributed by atoms with Gasteiger partial charge in [0.2, 0.25) is 5.88 Å². The van der Waals surface area contributed by atoms with E-state index in [0.717, 1.165) is 42.5 Å². The molecule has 1 aliphatic heterocycles. The second kappa shape index (κ2) is 5.78. The van der Waals surface area contributed by atoms with Gasteiger partial charge in [0.15, 0.2) is 9.92 Å². The monoisotopic (exact) mass is 389 g/mol. The van der Waals surface area contributed by atoms with Gasteiger partial charge in [0.25, 0.3) is 0 Å². The zero-order chi connectivity index (χ0) is 18.8. The number of amides is 2. The number of aliphatic hydroxyl groups excluding tert-OH is 1. The number of ether oxygens (including phenoxy) is 1. The van der Waals surface area contributed by atoms with Crippen LogP contribution in [0.15, 0.2) is 21.5 Å². The number of anilines is 1. The minimum Gasteiger partial charge on any atom is -0.474 e. The summed E-state index contributed by atoms with van der Waals surface area (Å²) >= 11 is 0. The van der Waals surface area contributed by atoms with E-state index < -0.39 is 22.1 Å². The fourth-order valence-electron chi connectivity index (χ4n) is 3.78.